The maximum absolute atomic E-state index is 13.2. The zero-order valence-electron chi connectivity index (χ0n) is 14.6. The van der Waals surface area contributed by atoms with Crippen molar-refractivity contribution in [2.75, 3.05) is 6.61 Å². The molecule has 0 N–H and O–H groups in total. The van der Waals surface area contributed by atoms with Gasteiger partial charge in [-0.15, -0.1) is 0 Å². The molecule has 27 heavy (non-hydrogen) atoms. The second kappa shape index (κ2) is 7.07. The van der Waals surface area contributed by atoms with Crippen molar-refractivity contribution in [1.29, 1.82) is 0 Å². The van der Waals surface area contributed by atoms with Crippen LogP contribution in [0.2, 0.25) is 0 Å². The van der Waals surface area contributed by atoms with Crippen molar-refractivity contribution in [3.63, 3.8) is 0 Å². The molecule has 0 spiro atoms. The molecule has 4 aromatic rings. The van der Waals surface area contributed by atoms with Crippen molar-refractivity contribution in [2.45, 2.75) is 13.3 Å². The summed E-state index contributed by atoms with van der Waals surface area (Å²) in [5, 5.41) is 0.911. The molecule has 0 aliphatic heterocycles. The number of nitrogens with zero attached hydrogens (tertiary/aromatic N) is 1. The van der Waals surface area contributed by atoms with Crippen LogP contribution in [0.3, 0.4) is 0 Å². The van der Waals surface area contributed by atoms with Gasteiger partial charge in [0, 0.05) is 10.9 Å². The van der Waals surface area contributed by atoms with Gasteiger partial charge in [0.1, 0.15) is 17.1 Å². The van der Waals surface area contributed by atoms with Crippen LogP contribution in [0.25, 0.3) is 33.9 Å². The highest BCUT2D eigenvalue weighted by molar-refractivity contribution is 5.83. The minimum Gasteiger partial charge on any atom is -0.466 e. The largest absolute Gasteiger partial charge is 0.466 e. The fourth-order valence-corrected chi connectivity index (χ4v) is 2.82. The Kier molecular flexibility index (Phi) is 4.46. The predicted octanol–water partition coefficient (Wildman–Crippen LogP) is 5.00. The van der Waals surface area contributed by atoms with Crippen molar-refractivity contribution in [3.05, 3.63) is 66.1 Å². The second-order valence-corrected chi connectivity index (χ2v) is 5.93. The molecule has 0 saturated heterocycles. The zero-order valence-corrected chi connectivity index (χ0v) is 14.6. The molecular formula is C21H16FNO4. The minimum atomic E-state index is -0.409. The number of para-hydroxylation sites is 1. The molecule has 0 aliphatic carbocycles. The van der Waals surface area contributed by atoms with Gasteiger partial charge in [-0.3, -0.25) is 4.79 Å². The van der Waals surface area contributed by atoms with E-state index >= 15 is 0 Å². The molecule has 0 atom stereocenters. The number of ether oxygens (including phenoxy) is 1. The van der Waals surface area contributed by atoms with Crippen molar-refractivity contribution >= 4 is 16.9 Å². The lowest BCUT2D eigenvalue weighted by atomic mass is 10.2. The van der Waals surface area contributed by atoms with E-state index in [1.165, 1.54) is 12.1 Å². The number of halogens is 1. The molecule has 6 heteroatoms. The molecule has 0 fully saturated rings. The van der Waals surface area contributed by atoms with Gasteiger partial charge in [-0.25, -0.2) is 9.37 Å². The van der Waals surface area contributed by atoms with E-state index in [9.17, 15) is 9.18 Å². The van der Waals surface area contributed by atoms with Gasteiger partial charge in [-0.1, -0.05) is 18.2 Å². The average Bonchev–Trinajstić information content (AvgIpc) is 3.26. The fourth-order valence-electron chi connectivity index (χ4n) is 2.82. The van der Waals surface area contributed by atoms with Crippen LogP contribution in [0.4, 0.5) is 4.39 Å². The average molecular weight is 365 g/mol. The van der Waals surface area contributed by atoms with Crippen LogP contribution in [0.5, 0.6) is 0 Å². The maximum atomic E-state index is 13.2. The standard InChI is InChI=1S/C21H16FNO4/c1-2-25-19(24)12-16-20(18-11-14-5-3-4-6-17(14)26-18)27-21(23-16)13-7-9-15(22)10-8-13/h3-11H,2,12H2,1H3. The normalized spacial score (nSPS) is 11.0. The number of oxazole rings is 1. The van der Waals surface area contributed by atoms with Gasteiger partial charge in [0.05, 0.1) is 13.0 Å². The molecule has 0 saturated carbocycles. The Hall–Kier alpha value is -3.41. The number of furan rings is 1. The molecule has 2 aromatic carbocycles. The summed E-state index contributed by atoms with van der Waals surface area (Å²) in [5.41, 5.74) is 1.71. The Labute approximate surface area is 154 Å². The summed E-state index contributed by atoms with van der Waals surface area (Å²) in [6.45, 7) is 2.02. The van der Waals surface area contributed by atoms with Gasteiger partial charge < -0.3 is 13.6 Å². The minimum absolute atomic E-state index is 0.0507. The Morgan fingerprint density at radius 3 is 2.63 bits per heavy atom. The third-order valence-corrected chi connectivity index (χ3v) is 4.05. The summed E-state index contributed by atoms with van der Waals surface area (Å²) in [6.07, 6.45) is -0.0507. The van der Waals surface area contributed by atoms with Crippen molar-refractivity contribution in [3.8, 4) is 23.0 Å². The van der Waals surface area contributed by atoms with Gasteiger partial charge in [0.25, 0.3) is 0 Å². The summed E-state index contributed by atoms with van der Waals surface area (Å²) in [5.74, 6) is 0.350. The Morgan fingerprint density at radius 2 is 1.89 bits per heavy atom. The van der Waals surface area contributed by atoms with Crippen LogP contribution >= 0.6 is 0 Å². The quantitative estimate of drug-likeness (QED) is 0.466. The molecule has 5 nitrogen and oxygen atoms in total. The molecule has 0 radical (unpaired) electrons. The number of hydrogen-bond donors (Lipinski definition) is 0. The summed E-state index contributed by atoms with van der Waals surface area (Å²) < 4.78 is 30.0. The Bertz CT molecular complexity index is 1060. The first-order valence-electron chi connectivity index (χ1n) is 8.54. The second-order valence-electron chi connectivity index (χ2n) is 5.93. The first-order valence-corrected chi connectivity index (χ1v) is 8.54. The summed E-state index contributed by atoms with van der Waals surface area (Å²) in [4.78, 5) is 16.4. The fraction of sp³-hybridized carbons (Fsp3) is 0.143. The third-order valence-electron chi connectivity index (χ3n) is 4.05. The molecule has 0 bridgehead atoms. The smallest absolute Gasteiger partial charge is 0.312 e. The highest BCUT2D eigenvalue weighted by Crippen LogP contribution is 2.34. The Morgan fingerprint density at radius 1 is 1.11 bits per heavy atom. The SMILES string of the molecule is CCOC(=O)Cc1nc(-c2ccc(F)cc2)oc1-c1cc2ccccc2o1. The van der Waals surface area contributed by atoms with E-state index in [-0.39, 0.29) is 24.7 Å². The molecular weight excluding hydrogens is 349 g/mol. The van der Waals surface area contributed by atoms with Gasteiger partial charge in [-0.05, 0) is 43.3 Å². The highest BCUT2D eigenvalue weighted by Gasteiger charge is 2.22. The zero-order chi connectivity index (χ0) is 18.8. The molecule has 2 heterocycles. The summed E-state index contributed by atoms with van der Waals surface area (Å²) in [7, 11) is 0. The van der Waals surface area contributed by atoms with Crippen molar-refractivity contribution in [2.24, 2.45) is 0 Å². The van der Waals surface area contributed by atoms with Crippen LogP contribution in [0, 0.1) is 5.82 Å². The van der Waals surface area contributed by atoms with Crippen LogP contribution in [0.15, 0.2) is 63.4 Å². The number of carbonyl (C=O) groups excluding carboxylic acids is 1. The lowest BCUT2D eigenvalue weighted by Gasteiger charge is -1.99. The molecule has 2 aromatic heterocycles. The van der Waals surface area contributed by atoms with Crippen LogP contribution in [0.1, 0.15) is 12.6 Å². The molecule has 0 unspecified atom stereocenters. The van der Waals surface area contributed by atoms with Gasteiger partial charge >= 0.3 is 5.97 Å². The molecule has 0 amide bonds. The molecule has 136 valence electrons. The number of benzene rings is 2. The van der Waals surface area contributed by atoms with E-state index in [4.69, 9.17) is 13.6 Å². The van der Waals surface area contributed by atoms with Gasteiger partial charge in [-0.2, -0.15) is 0 Å². The third kappa shape index (κ3) is 3.46. The van der Waals surface area contributed by atoms with Crippen molar-refractivity contribution < 1.29 is 22.8 Å². The van der Waals surface area contributed by atoms with Crippen LogP contribution in [-0.2, 0) is 16.0 Å². The number of esters is 1. The van der Waals surface area contributed by atoms with E-state index in [1.807, 2.05) is 30.3 Å². The number of fused-ring (bicyclic) bond motifs is 1. The first kappa shape index (κ1) is 17.0. The van der Waals surface area contributed by atoms with Gasteiger partial charge in [0.15, 0.2) is 11.5 Å². The summed E-state index contributed by atoms with van der Waals surface area (Å²) in [6, 6.07) is 15.2. The van der Waals surface area contributed by atoms with Crippen molar-refractivity contribution in [1.82, 2.24) is 4.98 Å². The summed E-state index contributed by atoms with van der Waals surface area (Å²) >= 11 is 0. The van der Waals surface area contributed by atoms with E-state index in [2.05, 4.69) is 4.98 Å². The monoisotopic (exact) mass is 365 g/mol. The first-order chi connectivity index (χ1) is 13.1. The number of rotatable bonds is 5. The van der Waals surface area contributed by atoms with Gasteiger partial charge in [0.2, 0.25) is 5.89 Å². The lowest BCUT2D eigenvalue weighted by molar-refractivity contribution is -0.142. The number of carbonyl (C=O) groups is 1. The van der Waals surface area contributed by atoms with E-state index < -0.39 is 5.97 Å². The molecule has 0 aliphatic rings. The topological polar surface area (TPSA) is 65.5 Å². The van der Waals surface area contributed by atoms with E-state index in [1.54, 1.807) is 19.1 Å². The van der Waals surface area contributed by atoms with Crippen LogP contribution in [-0.4, -0.2) is 17.6 Å². The van der Waals surface area contributed by atoms with E-state index in [0.717, 1.165) is 5.39 Å². The number of hydrogen-bond acceptors (Lipinski definition) is 5. The van der Waals surface area contributed by atoms with Crippen LogP contribution < -0.4 is 0 Å². The highest BCUT2D eigenvalue weighted by atomic mass is 19.1. The maximum Gasteiger partial charge on any atom is 0.312 e. The lowest BCUT2D eigenvalue weighted by Crippen LogP contribution is -2.08. The Balaban J connectivity index is 1.79. The molecule has 4 rings (SSSR count). The van der Waals surface area contributed by atoms with E-state index in [0.29, 0.717) is 28.4 Å². The number of aromatic nitrogens is 1. The predicted molar refractivity (Wildman–Crippen MR) is 97.4 cm³/mol.